The lowest BCUT2D eigenvalue weighted by atomic mass is 9.95. The van der Waals surface area contributed by atoms with Crippen LogP contribution in [0.15, 0.2) is 30.5 Å². The fourth-order valence-electron chi connectivity index (χ4n) is 3.11. The molecule has 1 aromatic carbocycles. The summed E-state index contributed by atoms with van der Waals surface area (Å²) >= 11 is 0. The molecule has 0 aliphatic carbocycles. The number of hydrogen-bond acceptors (Lipinski definition) is 1. The Bertz CT molecular complexity index is 612. The zero-order valence-electron chi connectivity index (χ0n) is 13.9. The first kappa shape index (κ1) is 15.8. The van der Waals surface area contributed by atoms with Crippen LogP contribution in [0.25, 0.3) is 10.9 Å². The molecule has 2 nitrogen and oxygen atoms in total. The number of rotatable bonds is 6. The summed E-state index contributed by atoms with van der Waals surface area (Å²) in [5.41, 5.74) is 2.04. The largest absolute Gasteiger partial charge is 0.344 e. The molecule has 0 saturated carbocycles. The molecule has 0 saturated heterocycles. The first-order chi connectivity index (χ1) is 9.88. The Labute approximate surface area is 128 Å². The van der Waals surface area contributed by atoms with Gasteiger partial charge in [0, 0.05) is 28.7 Å². The fraction of sp³-hybridized carbons (Fsp3) is 0.526. The van der Waals surface area contributed by atoms with Crippen molar-refractivity contribution in [3.05, 3.63) is 36.0 Å². The summed E-state index contributed by atoms with van der Waals surface area (Å²) in [5.74, 6) is 1.50. The van der Waals surface area contributed by atoms with Gasteiger partial charge < -0.3 is 4.57 Å². The molecule has 2 heteroatoms. The molecular formula is C19H27NO. The predicted molar refractivity (Wildman–Crippen MR) is 89.9 cm³/mol. The number of carbonyl (C=O) groups excluding carboxylic acids is 1. The van der Waals surface area contributed by atoms with Crippen LogP contribution < -0.4 is 0 Å². The van der Waals surface area contributed by atoms with Gasteiger partial charge in [0.25, 0.3) is 0 Å². The number of carbonyl (C=O) groups is 1. The van der Waals surface area contributed by atoms with Gasteiger partial charge in [-0.3, -0.25) is 4.79 Å². The first-order valence-corrected chi connectivity index (χ1v) is 8.00. The molecule has 0 bridgehead atoms. The van der Waals surface area contributed by atoms with Crippen LogP contribution in [0.2, 0.25) is 0 Å². The van der Waals surface area contributed by atoms with Crippen molar-refractivity contribution in [2.75, 3.05) is 0 Å². The van der Waals surface area contributed by atoms with Crippen molar-refractivity contribution in [1.29, 1.82) is 0 Å². The highest BCUT2D eigenvalue weighted by molar-refractivity contribution is 5.98. The molecule has 0 aliphatic rings. The Morgan fingerprint density at radius 3 is 2.19 bits per heavy atom. The van der Waals surface area contributed by atoms with Crippen LogP contribution in [0.4, 0.5) is 0 Å². The zero-order valence-corrected chi connectivity index (χ0v) is 13.9. The SMILES string of the molecule is CC(=O)c1ccc2c(ccn2C(CC(C)C)CC(C)C)c1. The average Bonchev–Trinajstić information content (AvgIpc) is 2.79. The van der Waals surface area contributed by atoms with Crippen LogP contribution in [-0.2, 0) is 0 Å². The smallest absolute Gasteiger partial charge is 0.159 e. The quantitative estimate of drug-likeness (QED) is 0.644. The van der Waals surface area contributed by atoms with E-state index in [1.165, 1.54) is 23.7 Å². The predicted octanol–water partition coefficient (Wildman–Crippen LogP) is 5.48. The van der Waals surface area contributed by atoms with Crippen LogP contribution >= 0.6 is 0 Å². The van der Waals surface area contributed by atoms with Crippen molar-refractivity contribution in [1.82, 2.24) is 4.57 Å². The molecule has 114 valence electrons. The Hall–Kier alpha value is -1.57. The third-order valence-corrected chi connectivity index (χ3v) is 4.01. The summed E-state index contributed by atoms with van der Waals surface area (Å²) in [4.78, 5) is 11.5. The summed E-state index contributed by atoms with van der Waals surface area (Å²) in [6.45, 7) is 10.8. The van der Waals surface area contributed by atoms with Gasteiger partial charge in [-0.15, -0.1) is 0 Å². The van der Waals surface area contributed by atoms with E-state index in [0.29, 0.717) is 17.9 Å². The van der Waals surface area contributed by atoms with E-state index in [-0.39, 0.29) is 5.78 Å². The van der Waals surface area contributed by atoms with Gasteiger partial charge in [-0.25, -0.2) is 0 Å². The Morgan fingerprint density at radius 2 is 1.67 bits per heavy atom. The fourth-order valence-corrected chi connectivity index (χ4v) is 3.11. The number of aromatic nitrogens is 1. The van der Waals surface area contributed by atoms with Crippen LogP contribution in [0.1, 0.15) is 63.9 Å². The summed E-state index contributed by atoms with van der Waals surface area (Å²) in [6.07, 6.45) is 4.57. The highest BCUT2D eigenvalue weighted by Crippen LogP contribution is 2.30. The lowest BCUT2D eigenvalue weighted by Gasteiger charge is -2.24. The minimum absolute atomic E-state index is 0.130. The molecule has 0 fully saturated rings. The van der Waals surface area contributed by atoms with E-state index in [9.17, 15) is 4.79 Å². The molecule has 0 amide bonds. The maximum absolute atomic E-state index is 11.5. The third kappa shape index (κ3) is 3.75. The van der Waals surface area contributed by atoms with E-state index in [0.717, 1.165) is 5.56 Å². The van der Waals surface area contributed by atoms with Gasteiger partial charge in [-0.2, -0.15) is 0 Å². The molecule has 0 radical (unpaired) electrons. The van der Waals surface area contributed by atoms with Gasteiger partial charge in [0.15, 0.2) is 5.78 Å². The summed E-state index contributed by atoms with van der Waals surface area (Å²) in [5, 5.41) is 1.17. The van der Waals surface area contributed by atoms with Gasteiger partial charge in [-0.1, -0.05) is 27.7 Å². The number of fused-ring (bicyclic) bond motifs is 1. The summed E-state index contributed by atoms with van der Waals surface area (Å²) < 4.78 is 2.40. The molecule has 0 atom stereocenters. The Kier molecular flexibility index (Phi) is 4.87. The normalized spacial score (nSPS) is 12.0. The van der Waals surface area contributed by atoms with Crippen LogP contribution in [0, 0.1) is 11.8 Å². The highest BCUT2D eigenvalue weighted by atomic mass is 16.1. The van der Waals surface area contributed by atoms with Crippen LogP contribution in [0.5, 0.6) is 0 Å². The molecule has 0 N–H and O–H groups in total. The van der Waals surface area contributed by atoms with Crippen molar-refractivity contribution in [2.45, 2.75) is 53.5 Å². The first-order valence-electron chi connectivity index (χ1n) is 8.00. The van der Waals surface area contributed by atoms with E-state index >= 15 is 0 Å². The standard InChI is InChI=1S/C19H27NO/c1-13(2)10-18(11-14(3)4)20-9-8-17-12-16(15(5)21)6-7-19(17)20/h6-9,12-14,18H,10-11H2,1-5H3. The minimum Gasteiger partial charge on any atom is -0.344 e. The van der Waals surface area contributed by atoms with E-state index < -0.39 is 0 Å². The molecule has 0 unspecified atom stereocenters. The molecule has 2 rings (SSSR count). The number of benzene rings is 1. The monoisotopic (exact) mass is 285 g/mol. The molecular weight excluding hydrogens is 258 g/mol. The second-order valence-corrected chi connectivity index (χ2v) is 6.97. The van der Waals surface area contributed by atoms with E-state index in [1.807, 2.05) is 12.1 Å². The van der Waals surface area contributed by atoms with Gasteiger partial charge >= 0.3 is 0 Å². The summed E-state index contributed by atoms with van der Waals surface area (Å²) in [7, 11) is 0. The maximum atomic E-state index is 11.5. The van der Waals surface area contributed by atoms with Crippen molar-refractivity contribution in [3.8, 4) is 0 Å². The maximum Gasteiger partial charge on any atom is 0.159 e. The van der Waals surface area contributed by atoms with Crippen molar-refractivity contribution in [3.63, 3.8) is 0 Å². The number of nitrogens with zero attached hydrogens (tertiary/aromatic N) is 1. The van der Waals surface area contributed by atoms with Crippen LogP contribution in [0.3, 0.4) is 0 Å². The Morgan fingerprint density at radius 1 is 1.05 bits per heavy atom. The van der Waals surface area contributed by atoms with E-state index in [1.54, 1.807) is 6.92 Å². The van der Waals surface area contributed by atoms with E-state index in [4.69, 9.17) is 0 Å². The van der Waals surface area contributed by atoms with Gasteiger partial charge in [0.05, 0.1) is 0 Å². The molecule has 21 heavy (non-hydrogen) atoms. The minimum atomic E-state index is 0.130. The number of Topliss-reactive ketones (excluding diaryl/α,β-unsaturated/α-hetero) is 1. The molecule has 2 aromatic rings. The van der Waals surface area contributed by atoms with Crippen molar-refractivity contribution < 1.29 is 4.79 Å². The second-order valence-electron chi connectivity index (χ2n) is 6.97. The average molecular weight is 285 g/mol. The topological polar surface area (TPSA) is 22.0 Å². The summed E-state index contributed by atoms with van der Waals surface area (Å²) in [6, 6.07) is 8.72. The second kappa shape index (κ2) is 6.46. The van der Waals surface area contributed by atoms with Gasteiger partial charge in [-0.05, 0) is 55.9 Å². The highest BCUT2D eigenvalue weighted by Gasteiger charge is 2.17. The van der Waals surface area contributed by atoms with Crippen LogP contribution in [-0.4, -0.2) is 10.4 Å². The van der Waals surface area contributed by atoms with Crippen molar-refractivity contribution in [2.24, 2.45) is 11.8 Å². The lowest BCUT2D eigenvalue weighted by Crippen LogP contribution is -2.13. The lowest BCUT2D eigenvalue weighted by molar-refractivity contribution is 0.101. The molecule has 0 aliphatic heterocycles. The molecule has 0 spiro atoms. The third-order valence-electron chi connectivity index (χ3n) is 4.01. The number of ketones is 1. The van der Waals surface area contributed by atoms with Crippen molar-refractivity contribution >= 4 is 16.7 Å². The Balaban J connectivity index is 2.40. The molecule has 1 aromatic heterocycles. The van der Waals surface area contributed by atoms with Gasteiger partial charge in [0.1, 0.15) is 0 Å². The van der Waals surface area contributed by atoms with Gasteiger partial charge in [0.2, 0.25) is 0 Å². The zero-order chi connectivity index (χ0) is 15.6. The molecule has 1 heterocycles. The number of hydrogen-bond donors (Lipinski definition) is 0. The van der Waals surface area contributed by atoms with E-state index in [2.05, 4.69) is 50.6 Å².